The molecule has 0 radical (unpaired) electrons. The molecule has 0 atom stereocenters. The van der Waals surface area contributed by atoms with Crippen LogP contribution in [0.25, 0.3) is 0 Å². The third-order valence-electron chi connectivity index (χ3n) is 5.84. The van der Waals surface area contributed by atoms with Gasteiger partial charge < -0.3 is 0 Å². The Kier molecular flexibility index (Phi) is 5.63. The number of hydrogen-bond acceptors (Lipinski definition) is 1. The standard InChI is InChI=1S/C20H41N/c1-17(2,3)11-10-12-20(18(4,5)6)13-15-21(16-14-20)19(7,8)9/h10-16H2,1-9H3. The highest BCUT2D eigenvalue weighted by atomic mass is 15.2. The Bertz CT molecular complexity index is 308. The zero-order valence-electron chi connectivity index (χ0n) is 16.4. The lowest BCUT2D eigenvalue weighted by atomic mass is 9.58. The van der Waals surface area contributed by atoms with Crippen molar-refractivity contribution in [3.05, 3.63) is 0 Å². The van der Waals surface area contributed by atoms with E-state index < -0.39 is 0 Å². The molecule has 0 amide bonds. The largest absolute Gasteiger partial charge is 0.298 e. The van der Waals surface area contributed by atoms with Gasteiger partial charge >= 0.3 is 0 Å². The van der Waals surface area contributed by atoms with E-state index in [-0.39, 0.29) is 0 Å². The van der Waals surface area contributed by atoms with E-state index >= 15 is 0 Å². The molecule has 0 spiro atoms. The second kappa shape index (κ2) is 6.22. The first-order valence-electron chi connectivity index (χ1n) is 9.02. The van der Waals surface area contributed by atoms with Crippen molar-refractivity contribution >= 4 is 0 Å². The van der Waals surface area contributed by atoms with Crippen molar-refractivity contribution in [1.29, 1.82) is 0 Å². The van der Waals surface area contributed by atoms with E-state index in [2.05, 4.69) is 67.2 Å². The highest BCUT2D eigenvalue weighted by Crippen LogP contribution is 2.51. The van der Waals surface area contributed by atoms with Gasteiger partial charge in [-0.25, -0.2) is 0 Å². The second-order valence-corrected chi connectivity index (χ2v) is 10.6. The topological polar surface area (TPSA) is 3.24 Å². The highest BCUT2D eigenvalue weighted by Gasteiger charge is 2.44. The van der Waals surface area contributed by atoms with Crippen molar-refractivity contribution in [2.45, 2.75) is 100.0 Å². The van der Waals surface area contributed by atoms with Crippen LogP contribution in [-0.4, -0.2) is 23.5 Å². The predicted molar refractivity (Wildman–Crippen MR) is 95.8 cm³/mol. The zero-order chi connectivity index (χ0) is 16.5. The number of hydrogen-bond donors (Lipinski definition) is 0. The maximum absolute atomic E-state index is 2.68. The van der Waals surface area contributed by atoms with Gasteiger partial charge in [-0.2, -0.15) is 0 Å². The maximum atomic E-state index is 2.68. The van der Waals surface area contributed by atoms with Crippen molar-refractivity contribution in [3.63, 3.8) is 0 Å². The van der Waals surface area contributed by atoms with Crippen molar-refractivity contribution in [2.75, 3.05) is 13.1 Å². The molecule has 1 rings (SSSR count). The number of rotatable bonds is 3. The van der Waals surface area contributed by atoms with Crippen LogP contribution in [0, 0.1) is 16.2 Å². The molecule has 0 aromatic rings. The van der Waals surface area contributed by atoms with Crippen LogP contribution in [0.15, 0.2) is 0 Å². The summed E-state index contributed by atoms with van der Waals surface area (Å²) in [6.45, 7) is 24.2. The molecule has 1 heteroatoms. The van der Waals surface area contributed by atoms with E-state index in [0.29, 0.717) is 21.8 Å². The van der Waals surface area contributed by atoms with Gasteiger partial charge in [0.2, 0.25) is 0 Å². The van der Waals surface area contributed by atoms with Gasteiger partial charge in [0.15, 0.2) is 0 Å². The Morgan fingerprint density at radius 3 is 1.62 bits per heavy atom. The van der Waals surface area contributed by atoms with Gasteiger partial charge in [0.1, 0.15) is 0 Å². The van der Waals surface area contributed by atoms with Crippen LogP contribution in [-0.2, 0) is 0 Å². The molecule has 0 aromatic heterocycles. The monoisotopic (exact) mass is 295 g/mol. The third kappa shape index (κ3) is 5.27. The van der Waals surface area contributed by atoms with E-state index in [4.69, 9.17) is 0 Å². The molecule has 1 aliphatic rings. The molecule has 0 aromatic carbocycles. The average Bonchev–Trinajstić information content (AvgIpc) is 2.25. The molecule has 126 valence electrons. The Labute approximate surface area is 134 Å². The molecule has 1 nitrogen and oxygen atoms in total. The average molecular weight is 296 g/mol. The second-order valence-electron chi connectivity index (χ2n) is 10.6. The summed E-state index contributed by atoms with van der Waals surface area (Å²) in [4.78, 5) is 2.68. The van der Waals surface area contributed by atoms with E-state index in [9.17, 15) is 0 Å². The molecular weight excluding hydrogens is 254 g/mol. The fourth-order valence-corrected chi connectivity index (χ4v) is 3.94. The Balaban J connectivity index is 2.71. The van der Waals surface area contributed by atoms with Crippen LogP contribution in [0.3, 0.4) is 0 Å². The van der Waals surface area contributed by atoms with E-state index in [1.807, 2.05) is 0 Å². The minimum atomic E-state index is 0.329. The minimum Gasteiger partial charge on any atom is -0.298 e. The van der Waals surface area contributed by atoms with Gasteiger partial charge in [0.25, 0.3) is 0 Å². The lowest BCUT2D eigenvalue weighted by molar-refractivity contribution is -0.0304. The van der Waals surface area contributed by atoms with Crippen LogP contribution in [0.2, 0.25) is 0 Å². The molecule has 1 aliphatic heterocycles. The maximum Gasteiger partial charge on any atom is 0.0125 e. The van der Waals surface area contributed by atoms with Crippen LogP contribution >= 0.6 is 0 Å². The van der Waals surface area contributed by atoms with Crippen molar-refractivity contribution in [3.8, 4) is 0 Å². The molecule has 1 heterocycles. The fourth-order valence-electron chi connectivity index (χ4n) is 3.94. The van der Waals surface area contributed by atoms with E-state index in [1.54, 1.807) is 0 Å². The number of likely N-dealkylation sites (tertiary alicyclic amines) is 1. The van der Waals surface area contributed by atoms with Gasteiger partial charge in [-0.15, -0.1) is 0 Å². The summed E-state index contributed by atoms with van der Waals surface area (Å²) in [6, 6.07) is 0. The van der Waals surface area contributed by atoms with Gasteiger partial charge in [-0.3, -0.25) is 4.90 Å². The highest BCUT2D eigenvalue weighted by molar-refractivity contribution is 4.96. The first-order valence-corrected chi connectivity index (χ1v) is 9.02. The Hall–Kier alpha value is -0.0400. The molecule has 0 saturated carbocycles. The number of nitrogens with zero attached hydrogens (tertiary/aromatic N) is 1. The van der Waals surface area contributed by atoms with Crippen LogP contribution in [0.4, 0.5) is 0 Å². The molecule has 21 heavy (non-hydrogen) atoms. The molecular formula is C20H41N. The lowest BCUT2D eigenvalue weighted by Gasteiger charge is -2.53. The summed E-state index contributed by atoms with van der Waals surface area (Å²) in [5.74, 6) is 0. The summed E-state index contributed by atoms with van der Waals surface area (Å²) in [7, 11) is 0. The normalized spacial score (nSPS) is 21.6. The summed E-state index contributed by atoms with van der Waals surface area (Å²) >= 11 is 0. The fraction of sp³-hybridized carbons (Fsp3) is 1.00. The van der Waals surface area contributed by atoms with Crippen LogP contribution in [0.5, 0.6) is 0 Å². The lowest BCUT2D eigenvalue weighted by Crippen LogP contribution is -2.52. The summed E-state index contributed by atoms with van der Waals surface area (Å²) in [5, 5.41) is 0. The Morgan fingerprint density at radius 2 is 1.29 bits per heavy atom. The van der Waals surface area contributed by atoms with Gasteiger partial charge in [-0.1, -0.05) is 48.0 Å². The third-order valence-corrected chi connectivity index (χ3v) is 5.84. The SMILES string of the molecule is CC(C)(C)CCCC1(C(C)(C)C)CCN(C(C)(C)C)CC1. The molecule has 0 bridgehead atoms. The Morgan fingerprint density at radius 1 is 0.810 bits per heavy atom. The zero-order valence-corrected chi connectivity index (χ0v) is 16.4. The first-order chi connectivity index (χ1) is 9.27. The minimum absolute atomic E-state index is 0.329. The molecule has 1 fully saturated rings. The van der Waals surface area contributed by atoms with Gasteiger partial charge in [0.05, 0.1) is 0 Å². The summed E-state index contributed by atoms with van der Waals surface area (Å²) < 4.78 is 0. The summed E-state index contributed by atoms with van der Waals surface area (Å²) in [5.41, 5.74) is 1.77. The molecule has 0 unspecified atom stereocenters. The van der Waals surface area contributed by atoms with E-state index in [0.717, 1.165) is 0 Å². The van der Waals surface area contributed by atoms with Crippen LogP contribution < -0.4 is 0 Å². The van der Waals surface area contributed by atoms with Crippen LogP contribution in [0.1, 0.15) is 94.4 Å². The summed E-state index contributed by atoms with van der Waals surface area (Å²) in [6.07, 6.45) is 6.89. The predicted octanol–water partition coefficient (Wildman–Crippen LogP) is 6.13. The van der Waals surface area contributed by atoms with Crippen molar-refractivity contribution in [1.82, 2.24) is 4.90 Å². The molecule has 0 aliphatic carbocycles. The smallest absolute Gasteiger partial charge is 0.0125 e. The van der Waals surface area contributed by atoms with E-state index in [1.165, 1.54) is 45.2 Å². The van der Waals surface area contributed by atoms with Crippen molar-refractivity contribution < 1.29 is 0 Å². The molecule has 0 N–H and O–H groups in total. The molecule has 1 saturated heterocycles. The van der Waals surface area contributed by atoms with Gasteiger partial charge in [0, 0.05) is 5.54 Å². The number of piperidine rings is 1. The van der Waals surface area contributed by atoms with Crippen molar-refractivity contribution in [2.24, 2.45) is 16.2 Å². The van der Waals surface area contributed by atoms with Gasteiger partial charge in [-0.05, 0) is 75.8 Å². The quantitative estimate of drug-likeness (QED) is 0.605. The first kappa shape index (κ1) is 19.0.